The second-order valence-electron chi connectivity index (χ2n) is 9.70. The van der Waals surface area contributed by atoms with Crippen LogP contribution in [0.25, 0.3) is 44.7 Å². The summed E-state index contributed by atoms with van der Waals surface area (Å²) in [5.74, 6) is 0.901. The highest BCUT2D eigenvalue weighted by atomic mass is 35.5. The van der Waals surface area contributed by atoms with Crippen LogP contribution in [-0.2, 0) is 0 Å². The van der Waals surface area contributed by atoms with E-state index >= 15 is 0 Å². The fourth-order valence-electron chi connectivity index (χ4n) is 5.29. The van der Waals surface area contributed by atoms with Crippen LogP contribution in [-0.4, -0.2) is 20.2 Å². The van der Waals surface area contributed by atoms with Crippen molar-refractivity contribution in [1.82, 2.24) is 20.2 Å². The fraction of sp³-hybridized carbons (Fsp3) is 0.0625. The van der Waals surface area contributed by atoms with E-state index in [1.54, 1.807) is 0 Å². The minimum Gasteiger partial charge on any atom is -0.416 e. The molecule has 0 amide bonds. The first kappa shape index (κ1) is 23.8. The lowest BCUT2D eigenvalue weighted by molar-refractivity contribution is 0.584. The minimum absolute atomic E-state index is 0.0796. The standard InChI is InChI=1S/C32H22Cl2N4O/c1-18-3-2-4-21(13-18)32-38-37-31(39-32)20-7-5-19(6-8-20)30(26-16-35-28-11-9-22(33)14-24(26)28)27-17-36-29-12-10-23(34)15-25(27)29/h2-17,30,35-36H,1H3. The van der Waals surface area contributed by atoms with Gasteiger partial charge in [-0.2, -0.15) is 0 Å². The number of hydrogen-bond acceptors (Lipinski definition) is 3. The van der Waals surface area contributed by atoms with Crippen molar-refractivity contribution in [1.29, 1.82) is 0 Å². The van der Waals surface area contributed by atoms with E-state index in [0.717, 1.165) is 55.2 Å². The molecule has 7 aromatic rings. The van der Waals surface area contributed by atoms with Gasteiger partial charge in [0.15, 0.2) is 0 Å². The molecule has 0 spiro atoms. The van der Waals surface area contributed by atoms with Crippen LogP contribution in [0.15, 0.2) is 102 Å². The Labute approximate surface area is 234 Å². The van der Waals surface area contributed by atoms with Crippen LogP contribution >= 0.6 is 23.2 Å². The van der Waals surface area contributed by atoms with E-state index in [4.69, 9.17) is 27.6 Å². The van der Waals surface area contributed by atoms with Crippen molar-refractivity contribution in [3.8, 4) is 22.9 Å². The SMILES string of the molecule is Cc1cccc(-c2nnc(-c3ccc(C(c4c[nH]c5ccc(Cl)cc45)c4c[nH]c5ccc(Cl)cc45)cc3)o2)c1. The van der Waals surface area contributed by atoms with Crippen LogP contribution in [0.1, 0.15) is 28.2 Å². The second-order valence-corrected chi connectivity index (χ2v) is 10.6. The molecule has 3 heterocycles. The zero-order valence-electron chi connectivity index (χ0n) is 20.9. The van der Waals surface area contributed by atoms with Gasteiger partial charge in [-0.15, -0.1) is 10.2 Å². The van der Waals surface area contributed by atoms with Crippen LogP contribution in [0.5, 0.6) is 0 Å². The van der Waals surface area contributed by atoms with Crippen LogP contribution in [0.2, 0.25) is 10.0 Å². The van der Waals surface area contributed by atoms with Crippen molar-refractivity contribution in [2.45, 2.75) is 12.8 Å². The van der Waals surface area contributed by atoms with E-state index in [2.05, 4.69) is 44.7 Å². The summed E-state index contributed by atoms with van der Waals surface area (Å²) in [7, 11) is 0. The summed E-state index contributed by atoms with van der Waals surface area (Å²) in [6, 6.07) is 28.1. The number of H-pyrrole nitrogens is 2. The van der Waals surface area contributed by atoms with Gasteiger partial charge in [-0.3, -0.25) is 0 Å². The number of halogens is 2. The normalized spacial score (nSPS) is 11.7. The summed E-state index contributed by atoms with van der Waals surface area (Å²) >= 11 is 12.8. The molecule has 0 atom stereocenters. The van der Waals surface area contributed by atoms with Crippen molar-refractivity contribution < 1.29 is 4.42 Å². The number of nitrogens with zero attached hydrogens (tertiary/aromatic N) is 2. The average molecular weight is 549 g/mol. The summed E-state index contributed by atoms with van der Waals surface area (Å²) in [5.41, 5.74) is 8.32. The predicted molar refractivity (Wildman–Crippen MR) is 157 cm³/mol. The Hall–Kier alpha value is -4.32. The molecule has 7 rings (SSSR count). The number of rotatable bonds is 5. The molecule has 3 aromatic heterocycles. The lowest BCUT2D eigenvalue weighted by Gasteiger charge is -2.18. The average Bonchev–Trinajstić information content (AvgIpc) is 3.69. The van der Waals surface area contributed by atoms with Gasteiger partial charge in [-0.1, -0.05) is 53.0 Å². The van der Waals surface area contributed by atoms with Gasteiger partial charge in [0, 0.05) is 61.3 Å². The number of nitrogens with one attached hydrogen (secondary N) is 2. The molecule has 0 aliphatic rings. The zero-order valence-corrected chi connectivity index (χ0v) is 22.4. The van der Waals surface area contributed by atoms with E-state index in [-0.39, 0.29) is 5.92 Å². The third kappa shape index (κ3) is 4.30. The van der Waals surface area contributed by atoms with Gasteiger partial charge < -0.3 is 14.4 Å². The number of benzene rings is 4. The van der Waals surface area contributed by atoms with E-state index < -0.39 is 0 Å². The Balaban J connectivity index is 1.33. The van der Waals surface area contributed by atoms with Crippen molar-refractivity contribution in [2.24, 2.45) is 0 Å². The van der Waals surface area contributed by atoms with E-state index in [0.29, 0.717) is 21.8 Å². The van der Waals surface area contributed by atoms with Crippen LogP contribution in [0.4, 0.5) is 0 Å². The quantitative estimate of drug-likeness (QED) is 0.225. The zero-order chi connectivity index (χ0) is 26.5. The van der Waals surface area contributed by atoms with Gasteiger partial charge in [-0.05, 0) is 84.3 Å². The van der Waals surface area contributed by atoms with Gasteiger partial charge in [0.1, 0.15) is 0 Å². The maximum absolute atomic E-state index is 6.42. The van der Waals surface area contributed by atoms with E-state index in [1.165, 1.54) is 0 Å². The molecule has 190 valence electrons. The van der Waals surface area contributed by atoms with E-state index in [1.807, 2.05) is 79.7 Å². The van der Waals surface area contributed by atoms with Crippen molar-refractivity contribution in [3.05, 3.63) is 130 Å². The maximum atomic E-state index is 6.42. The summed E-state index contributed by atoms with van der Waals surface area (Å²) in [6.45, 7) is 2.04. The number of hydrogen-bond donors (Lipinski definition) is 2. The van der Waals surface area contributed by atoms with Crippen LogP contribution in [0.3, 0.4) is 0 Å². The van der Waals surface area contributed by atoms with Gasteiger partial charge in [0.2, 0.25) is 11.8 Å². The first-order valence-electron chi connectivity index (χ1n) is 12.6. The molecule has 0 radical (unpaired) electrons. The third-order valence-electron chi connectivity index (χ3n) is 7.15. The van der Waals surface area contributed by atoms with Gasteiger partial charge >= 0.3 is 0 Å². The largest absolute Gasteiger partial charge is 0.416 e. The molecule has 0 saturated heterocycles. The minimum atomic E-state index is -0.0796. The Bertz CT molecular complexity index is 1890. The first-order valence-corrected chi connectivity index (χ1v) is 13.3. The smallest absolute Gasteiger partial charge is 0.248 e. The topological polar surface area (TPSA) is 70.5 Å². The molecule has 4 aromatic carbocycles. The summed E-state index contributed by atoms with van der Waals surface area (Å²) < 4.78 is 6.04. The molecule has 5 nitrogen and oxygen atoms in total. The number of fused-ring (bicyclic) bond motifs is 2. The molecule has 39 heavy (non-hydrogen) atoms. The van der Waals surface area contributed by atoms with Crippen molar-refractivity contribution >= 4 is 45.0 Å². The summed E-state index contributed by atoms with van der Waals surface area (Å²) in [6.07, 6.45) is 4.13. The molecular formula is C32H22Cl2N4O. The number of aromatic nitrogens is 4. The fourth-order valence-corrected chi connectivity index (χ4v) is 5.63. The summed E-state index contributed by atoms with van der Waals surface area (Å²) in [4.78, 5) is 6.84. The number of aryl methyl sites for hydroxylation is 1. The molecule has 0 aliphatic carbocycles. The molecular weight excluding hydrogens is 527 g/mol. The van der Waals surface area contributed by atoms with Crippen molar-refractivity contribution in [3.63, 3.8) is 0 Å². The molecule has 7 heteroatoms. The highest BCUT2D eigenvalue weighted by Crippen LogP contribution is 2.41. The third-order valence-corrected chi connectivity index (χ3v) is 7.62. The molecule has 0 fully saturated rings. The molecule has 0 bridgehead atoms. The lowest BCUT2D eigenvalue weighted by Crippen LogP contribution is -2.02. The monoisotopic (exact) mass is 548 g/mol. The highest BCUT2D eigenvalue weighted by molar-refractivity contribution is 6.31. The molecule has 0 aliphatic heterocycles. The predicted octanol–water partition coefficient (Wildman–Crippen LogP) is 9.16. The molecule has 0 unspecified atom stereocenters. The van der Waals surface area contributed by atoms with E-state index in [9.17, 15) is 0 Å². The highest BCUT2D eigenvalue weighted by Gasteiger charge is 2.24. The second kappa shape index (κ2) is 9.45. The van der Waals surface area contributed by atoms with Crippen LogP contribution in [0, 0.1) is 6.92 Å². The Morgan fingerprint density at radius 1 is 0.667 bits per heavy atom. The summed E-state index contributed by atoms with van der Waals surface area (Å²) in [5, 5.41) is 12.1. The van der Waals surface area contributed by atoms with Crippen molar-refractivity contribution in [2.75, 3.05) is 0 Å². The molecule has 2 N–H and O–H groups in total. The van der Waals surface area contributed by atoms with Gasteiger partial charge in [-0.25, -0.2) is 0 Å². The Morgan fingerprint density at radius 2 is 1.26 bits per heavy atom. The Morgan fingerprint density at radius 3 is 1.85 bits per heavy atom. The Kier molecular flexibility index (Phi) is 5.76. The van der Waals surface area contributed by atoms with Gasteiger partial charge in [0.05, 0.1) is 0 Å². The molecule has 0 saturated carbocycles. The first-order chi connectivity index (χ1) is 19.0. The van der Waals surface area contributed by atoms with Gasteiger partial charge in [0.25, 0.3) is 0 Å². The van der Waals surface area contributed by atoms with Crippen LogP contribution < -0.4 is 0 Å². The maximum Gasteiger partial charge on any atom is 0.248 e. The lowest BCUT2D eigenvalue weighted by atomic mass is 9.84. The number of aromatic amines is 2.